The minimum absolute atomic E-state index is 0.102. The van der Waals surface area contributed by atoms with E-state index in [1.54, 1.807) is 0 Å². The molecule has 1 unspecified atom stereocenters. The number of aromatic amines is 1. The summed E-state index contributed by atoms with van der Waals surface area (Å²) < 4.78 is 0. The van der Waals surface area contributed by atoms with E-state index in [-0.39, 0.29) is 11.6 Å². The molecular formula is C11H20N4O. The third-order valence-electron chi connectivity index (χ3n) is 2.42. The van der Waals surface area contributed by atoms with Gasteiger partial charge >= 0.3 is 0 Å². The smallest absolute Gasteiger partial charge is 0.252 e. The van der Waals surface area contributed by atoms with E-state index < -0.39 is 0 Å². The predicted octanol–water partition coefficient (Wildman–Crippen LogP) is 0.506. The summed E-state index contributed by atoms with van der Waals surface area (Å²) in [5, 5.41) is 0. The van der Waals surface area contributed by atoms with Crippen LogP contribution in [-0.2, 0) is 6.42 Å². The van der Waals surface area contributed by atoms with Crippen molar-refractivity contribution in [3.05, 3.63) is 22.2 Å². The molecule has 0 spiro atoms. The van der Waals surface area contributed by atoms with Crippen molar-refractivity contribution in [3.63, 3.8) is 0 Å². The van der Waals surface area contributed by atoms with Gasteiger partial charge in [-0.2, -0.15) is 0 Å². The molecule has 90 valence electrons. The van der Waals surface area contributed by atoms with Crippen LogP contribution in [-0.4, -0.2) is 29.6 Å². The van der Waals surface area contributed by atoms with E-state index in [2.05, 4.69) is 9.97 Å². The second-order valence-electron chi connectivity index (χ2n) is 4.09. The summed E-state index contributed by atoms with van der Waals surface area (Å²) in [6.07, 6.45) is 1.61. The molecule has 0 bridgehead atoms. The van der Waals surface area contributed by atoms with E-state index in [0.29, 0.717) is 5.82 Å². The van der Waals surface area contributed by atoms with Gasteiger partial charge in [-0.05, 0) is 13.3 Å². The van der Waals surface area contributed by atoms with Crippen molar-refractivity contribution in [1.29, 1.82) is 0 Å². The standard InChI is InChI=1S/C11H20N4O/c1-4-9-13-10(7-11(16)14-9)15(3)6-5-8(2)12/h7-8H,4-6,12H2,1-3H3,(H,13,14,16). The number of H-pyrrole nitrogens is 1. The zero-order valence-electron chi connectivity index (χ0n) is 10.2. The molecular weight excluding hydrogens is 204 g/mol. The second kappa shape index (κ2) is 5.65. The van der Waals surface area contributed by atoms with Crippen molar-refractivity contribution < 1.29 is 0 Å². The molecule has 3 N–H and O–H groups in total. The Morgan fingerprint density at radius 2 is 2.31 bits per heavy atom. The number of hydrogen-bond acceptors (Lipinski definition) is 4. The van der Waals surface area contributed by atoms with Crippen LogP contribution in [0.4, 0.5) is 5.82 Å². The fraction of sp³-hybridized carbons (Fsp3) is 0.636. The molecule has 1 heterocycles. The minimum Gasteiger partial charge on any atom is -0.359 e. The van der Waals surface area contributed by atoms with Gasteiger partial charge in [0, 0.05) is 32.1 Å². The molecule has 1 aromatic rings. The first kappa shape index (κ1) is 12.7. The quantitative estimate of drug-likeness (QED) is 0.764. The van der Waals surface area contributed by atoms with Crippen molar-refractivity contribution in [2.24, 2.45) is 5.73 Å². The van der Waals surface area contributed by atoms with Crippen LogP contribution in [0.15, 0.2) is 10.9 Å². The molecule has 0 aliphatic rings. The lowest BCUT2D eigenvalue weighted by molar-refractivity contribution is 0.655. The van der Waals surface area contributed by atoms with Crippen LogP contribution in [0.1, 0.15) is 26.1 Å². The number of aromatic nitrogens is 2. The molecule has 0 aliphatic heterocycles. The molecule has 1 atom stereocenters. The third kappa shape index (κ3) is 3.66. The number of aryl methyl sites for hydroxylation is 1. The summed E-state index contributed by atoms with van der Waals surface area (Å²) in [7, 11) is 1.92. The first-order chi connectivity index (χ1) is 7.52. The Kier molecular flexibility index (Phi) is 4.49. The monoisotopic (exact) mass is 224 g/mol. The van der Waals surface area contributed by atoms with Gasteiger partial charge in [-0.1, -0.05) is 6.92 Å². The summed E-state index contributed by atoms with van der Waals surface area (Å²) in [5.74, 6) is 1.43. The largest absolute Gasteiger partial charge is 0.359 e. The molecule has 0 aromatic carbocycles. The van der Waals surface area contributed by atoms with Crippen molar-refractivity contribution in [1.82, 2.24) is 9.97 Å². The molecule has 0 aliphatic carbocycles. The molecule has 5 nitrogen and oxygen atoms in total. The fourth-order valence-electron chi connectivity index (χ4n) is 1.37. The van der Waals surface area contributed by atoms with Crippen LogP contribution in [0, 0.1) is 0 Å². The van der Waals surface area contributed by atoms with Crippen molar-refractivity contribution in [2.75, 3.05) is 18.5 Å². The highest BCUT2D eigenvalue weighted by molar-refractivity contribution is 5.36. The van der Waals surface area contributed by atoms with E-state index in [0.717, 1.165) is 25.2 Å². The van der Waals surface area contributed by atoms with Crippen LogP contribution >= 0.6 is 0 Å². The van der Waals surface area contributed by atoms with E-state index in [4.69, 9.17) is 5.73 Å². The van der Waals surface area contributed by atoms with Crippen LogP contribution in [0.5, 0.6) is 0 Å². The maximum atomic E-state index is 11.4. The normalized spacial score (nSPS) is 12.5. The van der Waals surface area contributed by atoms with Gasteiger partial charge in [0.15, 0.2) is 0 Å². The van der Waals surface area contributed by atoms with Crippen LogP contribution in [0.2, 0.25) is 0 Å². The van der Waals surface area contributed by atoms with Crippen molar-refractivity contribution in [2.45, 2.75) is 32.7 Å². The number of nitrogens with zero attached hydrogens (tertiary/aromatic N) is 2. The average Bonchev–Trinajstić information content (AvgIpc) is 2.24. The number of nitrogens with one attached hydrogen (secondary N) is 1. The number of rotatable bonds is 5. The highest BCUT2D eigenvalue weighted by atomic mass is 16.1. The van der Waals surface area contributed by atoms with E-state index in [9.17, 15) is 4.79 Å². The first-order valence-corrected chi connectivity index (χ1v) is 5.60. The second-order valence-corrected chi connectivity index (χ2v) is 4.09. The Morgan fingerprint density at radius 3 is 2.88 bits per heavy atom. The lowest BCUT2D eigenvalue weighted by Gasteiger charge is -2.19. The topological polar surface area (TPSA) is 75.0 Å². The molecule has 1 rings (SSSR count). The maximum Gasteiger partial charge on any atom is 0.252 e. The highest BCUT2D eigenvalue weighted by Gasteiger charge is 2.06. The Morgan fingerprint density at radius 1 is 1.62 bits per heavy atom. The number of nitrogens with two attached hydrogens (primary N) is 1. The first-order valence-electron chi connectivity index (χ1n) is 5.60. The molecule has 0 saturated heterocycles. The van der Waals surface area contributed by atoms with Gasteiger partial charge in [-0.15, -0.1) is 0 Å². The number of hydrogen-bond donors (Lipinski definition) is 2. The lowest BCUT2D eigenvalue weighted by atomic mass is 10.2. The van der Waals surface area contributed by atoms with E-state index in [1.807, 2.05) is 25.8 Å². The Bertz CT molecular complexity index is 386. The summed E-state index contributed by atoms with van der Waals surface area (Å²) in [4.78, 5) is 20.4. The van der Waals surface area contributed by atoms with E-state index in [1.165, 1.54) is 6.07 Å². The Labute approximate surface area is 95.7 Å². The molecule has 0 radical (unpaired) electrons. The maximum absolute atomic E-state index is 11.4. The van der Waals surface area contributed by atoms with Gasteiger partial charge in [0.1, 0.15) is 11.6 Å². The summed E-state index contributed by atoms with van der Waals surface area (Å²) in [6, 6.07) is 1.68. The highest BCUT2D eigenvalue weighted by Crippen LogP contribution is 2.06. The van der Waals surface area contributed by atoms with Crippen LogP contribution < -0.4 is 16.2 Å². The van der Waals surface area contributed by atoms with E-state index >= 15 is 0 Å². The summed E-state index contributed by atoms with van der Waals surface area (Å²) >= 11 is 0. The molecule has 0 fully saturated rings. The SMILES string of the molecule is CCc1nc(N(C)CCC(C)N)cc(=O)[nH]1. The summed E-state index contributed by atoms with van der Waals surface area (Å²) in [6.45, 7) is 4.73. The van der Waals surface area contributed by atoms with Crippen molar-refractivity contribution in [3.8, 4) is 0 Å². The zero-order valence-corrected chi connectivity index (χ0v) is 10.2. The van der Waals surface area contributed by atoms with Gasteiger partial charge in [-0.25, -0.2) is 4.98 Å². The molecule has 1 aromatic heterocycles. The van der Waals surface area contributed by atoms with Crippen LogP contribution in [0.25, 0.3) is 0 Å². The average molecular weight is 224 g/mol. The Hall–Kier alpha value is -1.36. The predicted molar refractivity (Wildman–Crippen MR) is 65.8 cm³/mol. The molecule has 0 amide bonds. The van der Waals surface area contributed by atoms with Gasteiger partial charge in [0.05, 0.1) is 0 Å². The molecule has 5 heteroatoms. The minimum atomic E-state index is -0.102. The Balaban J connectivity index is 2.78. The van der Waals surface area contributed by atoms with Gasteiger partial charge in [0.2, 0.25) is 0 Å². The summed E-state index contributed by atoms with van der Waals surface area (Å²) in [5.41, 5.74) is 5.59. The fourth-order valence-corrected chi connectivity index (χ4v) is 1.37. The third-order valence-corrected chi connectivity index (χ3v) is 2.42. The van der Waals surface area contributed by atoms with Crippen LogP contribution in [0.3, 0.4) is 0 Å². The number of anilines is 1. The lowest BCUT2D eigenvalue weighted by Crippen LogP contribution is -2.28. The zero-order chi connectivity index (χ0) is 12.1. The molecule has 0 saturated carbocycles. The van der Waals surface area contributed by atoms with Gasteiger partial charge in [-0.3, -0.25) is 4.79 Å². The van der Waals surface area contributed by atoms with Gasteiger partial charge < -0.3 is 15.6 Å². The molecule has 16 heavy (non-hydrogen) atoms. The van der Waals surface area contributed by atoms with Crippen molar-refractivity contribution >= 4 is 5.82 Å². The van der Waals surface area contributed by atoms with Gasteiger partial charge in [0.25, 0.3) is 5.56 Å².